The number of rotatable bonds is 9. The standard InChI is InChI=1S/C23H30N4O2S/c1-19-7-9-20(10-8-19)25-23(29)18-30-17-22(28)24-11-12-26-13-15-27(16-14-26)21-5-3-2-4-6-21/h2-10H,11-18H2,1H3,(H,24,28)(H,25,29). The third-order valence-corrected chi connectivity index (χ3v) is 5.98. The molecule has 0 aromatic heterocycles. The van der Waals surface area contributed by atoms with E-state index >= 15 is 0 Å². The van der Waals surface area contributed by atoms with Crippen LogP contribution in [0.2, 0.25) is 0 Å². The number of amides is 2. The summed E-state index contributed by atoms with van der Waals surface area (Å²) in [6.45, 7) is 7.50. The minimum atomic E-state index is -0.0899. The topological polar surface area (TPSA) is 64.7 Å². The van der Waals surface area contributed by atoms with Crippen LogP contribution in [-0.2, 0) is 9.59 Å². The van der Waals surface area contributed by atoms with Crippen molar-refractivity contribution >= 4 is 35.0 Å². The second-order valence-electron chi connectivity index (χ2n) is 7.42. The van der Waals surface area contributed by atoms with Gasteiger partial charge in [-0.15, -0.1) is 11.8 Å². The molecule has 0 saturated carbocycles. The van der Waals surface area contributed by atoms with E-state index in [9.17, 15) is 9.59 Å². The molecule has 2 amide bonds. The number of piperazine rings is 1. The smallest absolute Gasteiger partial charge is 0.234 e. The normalized spacial score (nSPS) is 14.4. The van der Waals surface area contributed by atoms with E-state index in [2.05, 4.69) is 44.7 Å². The number of carbonyl (C=O) groups excluding carboxylic acids is 2. The molecule has 0 aliphatic carbocycles. The highest BCUT2D eigenvalue weighted by Gasteiger charge is 2.16. The van der Waals surface area contributed by atoms with E-state index in [1.165, 1.54) is 17.4 Å². The van der Waals surface area contributed by atoms with Crippen LogP contribution in [0.25, 0.3) is 0 Å². The summed E-state index contributed by atoms with van der Waals surface area (Å²) in [5.41, 5.74) is 3.20. The van der Waals surface area contributed by atoms with Gasteiger partial charge in [0, 0.05) is 50.6 Å². The second-order valence-corrected chi connectivity index (χ2v) is 8.41. The van der Waals surface area contributed by atoms with Gasteiger partial charge in [0.1, 0.15) is 0 Å². The van der Waals surface area contributed by atoms with Gasteiger partial charge in [0.2, 0.25) is 11.8 Å². The molecule has 1 fully saturated rings. The Labute approximate surface area is 183 Å². The summed E-state index contributed by atoms with van der Waals surface area (Å²) in [6.07, 6.45) is 0. The van der Waals surface area contributed by atoms with Gasteiger partial charge < -0.3 is 15.5 Å². The number of hydrogen-bond acceptors (Lipinski definition) is 5. The Balaban J connectivity index is 1.24. The monoisotopic (exact) mass is 426 g/mol. The zero-order valence-corrected chi connectivity index (χ0v) is 18.3. The molecule has 3 rings (SSSR count). The summed E-state index contributed by atoms with van der Waals surface area (Å²) in [7, 11) is 0. The molecule has 0 atom stereocenters. The molecule has 0 bridgehead atoms. The minimum Gasteiger partial charge on any atom is -0.369 e. The van der Waals surface area contributed by atoms with Crippen molar-refractivity contribution in [2.75, 3.05) is 61.0 Å². The molecule has 0 radical (unpaired) electrons. The van der Waals surface area contributed by atoms with Crippen molar-refractivity contribution in [3.63, 3.8) is 0 Å². The van der Waals surface area contributed by atoms with Crippen molar-refractivity contribution in [1.82, 2.24) is 10.2 Å². The van der Waals surface area contributed by atoms with Crippen LogP contribution in [0.15, 0.2) is 54.6 Å². The van der Waals surface area contributed by atoms with E-state index in [4.69, 9.17) is 0 Å². The molecule has 0 spiro atoms. The lowest BCUT2D eigenvalue weighted by atomic mass is 10.2. The fourth-order valence-electron chi connectivity index (χ4n) is 3.34. The van der Waals surface area contributed by atoms with Crippen molar-refractivity contribution in [1.29, 1.82) is 0 Å². The van der Waals surface area contributed by atoms with E-state index in [-0.39, 0.29) is 17.6 Å². The summed E-state index contributed by atoms with van der Waals surface area (Å²) in [5, 5.41) is 5.80. The molecule has 7 heteroatoms. The highest BCUT2D eigenvalue weighted by atomic mass is 32.2. The van der Waals surface area contributed by atoms with Gasteiger partial charge in [-0.05, 0) is 31.2 Å². The Hall–Kier alpha value is -2.51. The van der Waals surface area contributed by atoms with E-state index in [1.807, 2.05) is 37.3 Å². The first-order chi connectivity index (χ1) is 14.6. The second kappa shape index (κ2) is 11.6. The van der Waals surface area contributed by atoms with Crippen LogP contribution in [0.1, 0.15) is 5.56 Å². The van der Waals surface area contributed by atoms with E-state index in [1.54, 1.807) is 0 Å². The lowest BCUT2D eigenvalue weighted by molar-refractivity contribution is -0.118. The molecular weight excluding hydrogens is 396 g/mol. The van der Waals surface area contributed by atoms with Gasteiger partial charge in [-0.1, -0.05) is 35.9 Å². The first-order valence-corrected chi connectivity index (χ1v) is 11.5. The van der Waals surface area contributed by atoms with Crippen molar-refractivity contribution < 1.29 is 9.59 Å². The fourth-order valence-corrected chi connectivity index (χ4v) is 3.99. The molecule has 30 heavy (non-hydrogen) atoms. The van der Waals surface area contributed by atoms with Crippen LogP contribution in [0.3, 0.4) is 0 Å². The molecule has 2 aromatic rings. The maximum Gasteiger partial charge on any atom is 0.234 e. The van der Waals surface area contributed by atoms with Gasteiger partial charge >= 0.3 is 0 Å². The minimum absolute atomic E-state index is 0.0222. The quantitative estimate of drug-likeness (QED) is 0.645. The molecule has 1 aliphatic rings. The molecule has 2 aromatic carbocycles. The average molecular weight is 427 g/mol. The third-order valence-electron chi connectivity index (χ3n) is 5.05. The molecule has 160 valence electrons. The molecule has 0 unspecified atom stereocenters. The zero-order chi connectivity index (χ0) is 21.2. The molecule has 6 nitrogen and oxygen atoms in total. The summed E-state index contributed by atoms with van der Waals surface area (Å²) < 4.78 is 0. The van der Waals surface area contributed by atoms with E-state index in [0.717, 1.165) is 44.0 Å². The molecule has 1 heterocycles. The zero-order valence-electron chi connectivity index (χ0n) is 17.5. The number of carbonyl (C=O) groups is 2. The maximum atomic E-state index is 12.0. The number of benzene rings is 2. The molecule has 1 aliphatic heterocycles. The van der Waals surface area contributed by atoms with Gasteiger partial charge in [0.15, 0.2) is 0 Å². The van der Waals surface area contributed by atoms with Crippen LogP contribution >= 0.6 is 11.8 Å². The Morgan fingerprint density at radius 1 is 0.900 bits per heavy atom. The molecule has 1 saturated heterocycles. The first kappa shape index (κ1) is 22.2. The number of anilines is 2. The average Bonchev–Trinajstić information content (AvgIpc) is 2.76. The number of thioether (sulfide) groups is 1. The number of aryl methyl sites for hydroxylation is 1. The van der Waals surface area contributed by atoms with E-state index in [0.29, 0.717) is 12.3 Å². The van der Waals surface area contributed by atoms with E-state index < -0.39 is 0 Å². The number of nitrogens with one attached hydrogen (secondary N) is 2. The van der Waals surface area contributed by atoms with Gasteiger partial charge in [-0.3, -0.25) is 14.5 Å². The Morgan fingerprint density at radius 3 is 2.27 bits per heavy atom. The number of hydrogen-bond donors (Lipinski definition) is 2. The largest absolute Gasteiger partial charge is 0.369 e. The SMILES string of the molecule is Cc1ccc(NC(=O)CSCC(=O)NCCN2CCN(c3ccccc3)CC2)cc1. The maximum absolute atomic E-state index is 12.0. The molecular formula is C23H30N4O2S. The van der Waals surface area contributed by atoms with Crippen LogP contribution in [0.4, 0.5) is 11.4 Å². The number of para-hydroxylation sites is 1. The predicted molar refractivity (Wildman–Crippen MR) is 125 cm³/mol. The highest BCUT2D eigenvalue weighted by molar-refractivity contribution is 8.00. The van der Waals surface area contributed by atoms with Crippen LogP contribution < -0.4 is 15.5 Å². The molecule has 2 N–H and O–H groups in total. The Morgan fingerprint density at radius 2 is 1.57 bits per heavy atom. The first-order valence-electron chi connectivity index (χ1n) is 10.3. The van der Waals surface area contributed by atoms with Crippen molar-refractivity contribution in [3.8, 4) is 0 Å². The Kier molecular flexibility index (Phi) is 8.59. The fraction of sp³-hybridized carbons (Fsp3) is 0.391. The van der Waals surface area contributed by atoms with Crippen molar-refractivity contribution in [3.05, 3.63) is 60.2 Å². The lowest BCUT2D eigenvalue weighted by Gasteiger charge is -2.36. The van der Waals surface area contributed by atoms with Gasteiger partial charge in [0.05, 0.1) is 11.5 Å². The van der Waals surface area contributed by atoms with Crippen molar-refractivity contribution in [2.45, 2.75) is 6.92 Å². The van der Waals surface area contributed by atoms with Crippen LogP contribution in [0, 0.1) is 6.92 Å². The summed E-state index contributed by atoms with van der Waals surface area (Å²) >= 11 is 1.33. The predicted octanol–water partition coefficient (Wildman–Crippen LogP) is 2.61. The highest BCUT2D eigenvalue weighted by Crippen LogP contribution is 2.15. The van der Waals surface area contributed by atoms with Crippen molar-refractivity contribution in [2.24, 2.45) is 0 Å². The lowest BCUT2D eigenvalue weighted by Crippen LogP contribution is -2.48. The van der Waals surface area contributed by atoms with Gasteiger partial charge in [-0.2, -0.15) is 0 Å². The van der Waals surface area contributed by atoms with Crippen LogP contribution in [0.5, 0.6) is 0 Å². The Bertz CT molecular complexity index is 806. The van der Waals surface area contributed by atoms with Crippen LogP contribution in [-0.4, -0.2) is 67.5 Å². The van der Waals surface area contributed by atoms with Gasteiger partial charge in [0.25, 0.3) is 0 Å². The summed E-state index contributed by atoms with van der Waals surface area (Å²) in [5.74, 6) is 0.449. The number of nitrogens with zero attached hydrogens (tertiary/aromatic N) is 2. The van der Waals surface area contributed by atoms with Gasteiger partial charge in [-0.25, -0.2) is 0 Å². The summed E-state index contributed by atoms with van der Waals surface area (Å²) in [4.78, 5) is 28.7. The third kappa shape index (κ3) is 7.39. The summed E-state index contributed by atoms with van der Waals surface area (Å²) in [6, 6.07) is 18.1.